The highest BCUT2D eigenvalue weighted by atomic mass is 79.9. The van der Waals surface area contributed by atoms with Crippen molar-refractivity contribution < 1.29 is 19.6 Å². The van der Waals surface area contributed by atoms with Gasteiger partial charge in [-0.05, 0) is 6.07 Å². The Morgan fingerprint density at radius 2 is 1.85 bits per heavy atom. The van der Waals surface area contributed by atoms with Crippen LogP contribution in [0, 0.1) is 21.4 Å². The Hall–Kier alpha value is -2.19. The van der Waals surface area contributed by atoms with Gasteiger partial charge >= 0.3 is 5.97 Å². The maximum atomic E-state index is 12.7. The molecule has 0 aliphatic heterocycles. The lowest BCUT2D eigenvalue weighted by molar-refractivity contribution is -0.385. The van der Waals surface area contributed by atoms with E-state index < -0.39 is 22.5 Å². The van der Waals surface area contributed by atoms with Crippen molar-refractivity contribution in [2.75, 3.05) is 42.2 Å². The van der Waals surface area contributed by atoms with Gasteiger partial charge in [0.1, 0.15) is 11.6 Å². The van der Waals surface area contributed by atoms with Crippen molar-refractivity contribution in [1.82, 2.24) is 4.90 Å². The van der Waals surface area contributed by atoms with Crippen LogP contribution in [-0.4, -0.2) is 64.1 Å². The molecule has 1 aromatic rings. The third-order valence-corrected chi connectivity index (χ3v) is 4.43. The molecule has 9 nitrogen and oxygen atoms in total. The van der Waals surface area contributed by atoms with E-state index in [-0.39, 0.29) is 24.1 Å². The number of carboxylic acid groups (broad SMARTS) is 1. The molecular weight excluding hydrogens is 488 g/mol. The average Bonchev–Trinajstić information content (AvgIpc) is 2.64. The lowest BCUT2D eigenvalue weighted by atomic mass is 10.0. The summed E-state index contributed by atoms with van der Waals surface area (Å²) in [7, 11) is 1.38. The van der Waals surface area contributed by atoms with Gasteiger partial charge in [0.15, 0.2) is 0 Å². The van der Waals surface area contributed by atoms with Crippen molar-refractivity contribution in [3.63, 3.8) is 0 Å². The van der Waals surface area contributed by atoms with Gasteiger partial charge in [0, 0.05) is 43.4 Å². The maximum Gasteiger partial charge on any atom is 0.305 e. The van der Waals surface area contributed by atoms with Crippen LogP contribution in [0.2, 0.25) is 0 Å². The topological polar surface area (TPSA) is 128 Å². The van der Waals surface area contributed by atoms with E-state index in [9.17, 15) is 25.0 Å². The SMILES string of the molecule is CN(CCC(=O)O)C(=O)c1cc(N(CCBr)CCBr)c(C#N)cc1[N+](=O)[O-]. The Balaban J connectivity index is 3.45. The molecule has 146 valence electrons. The predicted octanol–water partition coefficient (Wildman–Crippen LogP) is 2.61. The first-order valence-corrected chi connectivity index (χ1v) is 10.1. The second-order valence-electron chi connectivity index (χ2n) is 5.49. The van der Waals surface area contributed by atoms with Crippen LogP contribution in [0.4, 0.5) is 11.4 Å². The first kappa shape index (κ1) is 22.9. The smallest absolute Gasteiger partial charge is 0.305 e. The number of nitrogens with zero attached hydrogens (tertiary/aromatic N) is 4. The Morgan fingerprint density at radius 1 is 1.26 bits per heavy atom. The molecule has 27 heavy (non-hydrogen) atoms. The van der Waals surface area contributed by atoms with E-state index in [1.54, 1.807) is 0 Å². The zero-order valence-electron chi connectivity index (χ0n) is 14.5. The number of alkyl halides is 2. The lowest BCUT2D eigenvalue weighted by Crippen LogP contribution is -2.31. The van der Waals surface area contributed by atoms with E-state index in [0.717, 1.165) is 11.0 Å². The lowest BCUT2D eigenvalue weighted by Gasteiger charge is -2.25. The quantitative estimate of drug-likeness (QED) is 0.294. The molecule has 1 aromatic carbocycles. The monoisotopic (exact) mass is 504 g/mol. The van der Waals surface area contributed by atoms with Crippen LogP contribution in [0.5, 0.6) is 0 Å². The van der Waals surface area contributed by atoms with Gasteiger partial charge in [-0.25, -0.2) is 0 Å². The van der Waals surface area contributed by atoms with Crippen molar-refractivity contribution in [2.45, 2.75) is 6.42 Å². The fourth-order valence-corrected chi connectivity index (χ4v) is 3.23. The van der Waals surface area contributed by atoms with Crippen LogP contribution in [-0.2, 0) is 4.79 Å². The number of aliphatic carboxylic acids is 1. The Morgan fingerprint density at radius 3 is 2.30 bits per heavy atom. The molecule has 11 heteroatoms. The summed E-state index contributed by atoms with van der Waals surface area (Å²) in [4.78, 5) is 37.0. The Bertz CT molecular complexity index is 760. The second kappa shape index (κ2) is 10.8. The zero-order valence-corrected chi connectivity index (χ0v) is 17.7. The average molecular weight is 506 g/mol. The van der Waals surface area contributed by atoms with Gasteiger partial charge < -0.3 is 14.9 Å². The van der Waals surface area contributed by atoms with Crippen molar-refractivity contribution in [3.8, 4) is 6.07 Å². The molecule has 1 N–H and O–H groups in total. The minimum Gasteiger partial charge on any atom is -0.481 e. The number of carbonyl (C=O) groups is 2. The number of carbonyl (C=O) groups excluding carboxylic acids is 1. The highest BCUT2D eigenvalue weighted by Gasteiger charge is 2.27. The highest BCUT2D eigenvalue weighted by molar-refractivity contribution is 9.09. The third kappa shape index (κ3) is 6.18. The Kier molecular flexibility index (Phi) is 9.17. The summed E-state index contributed by atoms with van der Waals surface area (Å²) in [6.45, 7) is 0.967. The molecule has 0 aliphatic rings. The van der Waals surface area contributed by atoms with Gasteiger partial charge in [0.2, 0.25) is 0 Å². The van der Waals surface area contributed by atoms with Crippen molar-refractivity contribution in [1.29, 1.82) is 5.26 Å². The molecule has 0 atom stereocenters. The second-order valence-corrected chi connectivity index (χ2v) is 7.08. The molecule has 0 aliphatic carbocycles. The number of hydrogen-bond donors (Lipinski definition) is 1. The largest absolute Gasteiger partial charge is 0.481 e. The summed E-state index contributed by atoms with van der Waals surface area (Å²) in [5.41, 5.74) is -0.165. The summed E-state index contributed by atoms with van der Waals surface area (Å²) in [5, 5.41) is 30.8. The number of rotatable bonds is 10. The predicted molar refractivity (Wildman–Crippen MR) is 107 cm³/mol. The maximum absolute atomic E-state index is 12.7. The minimum absolute atomic E-state index is 0.0901. The highest BCUT2D eigenvalue weighted by Crippen LogP contribution is 2.30. The summed E-state index contributed by atoms with van der Waals surface area (Å²) >= 11 is 6.65. The normalized spacial score (nSPS) is 10.1. The molecule has 1 rings (SSSR count). The first-order valence-electron chi connectivity index (χ1n) is 7.83. The Labute approximate surface area is 172 Å². The fourth-order valence-electron chi connectivity index (χ4n) is 2.38. The summed E-state index contributed by atoms with van der Waals surface area (Å²) in [5.74, 6) is -1.75. The van der Waals surface area contributed by atoms with Crippen LogP contribution in [0.25, 0.3) is 0 Å². The molecular formula is C16H18Br2N4O5. The number of amides is 1. The minimum atomic E-state index is -1.08. The van der Waals surface area contributed by atoms with Crippen LogP contribution < -0.4 is 4.90 Å². The molecule has 0 saturated heterocycles. The molecule has 1 amide bonds. The van der Waals surface area contributed by atoms with Crippen LogP contribution >= 0.6 is 31.9 Å². The first-order chi connectivity index (χ1) is 12.8. The van der Waals surface area contributed by atoms with E-state index >= 15 is 0 Å². The number of halogens is 2. The summed E-state index contributed by atoms with van der Waals surface area (Å²) in [6.07, 6.45) is -0.279. The molecule has 0 radical (unpaired) electrons. The van der Waals surface area contributed by atoms with E-state index in [0.29, 0.717) is 29.4 Å². The van der Waals surface area contributed by atoms with Gasteiger partial charge in [-0.15, -0.1) is 0 Å². The number of nitro benzene ring substituents is 1. The van der Waals surface area contributed by atoms with Crippen LogP contribution in [0.15, 0.2) is 12.1 Å². The number of nitriles is 1. The number of benzene rings is 1. The number of nitro groups is 1. The van der Waals surface area contributed by atoms with E-state index in [2.05, 4.69) is 31.9 Å². The number of carboxylic acids is 1. The third-order valence-electron chi connectivity index (χ3n) is 3.72. The molecule has 0 aromatic heterocycles. The molecule has 0 unspecified atom stereocenters. The number of hydrogen-bond acceptors (Lipinski definition) is 6. The van der Waals surface area contributed by atoms with Crippen molar-refractivity contribution in [3.05, 3.63) is 33.4 Å². The van der Waals surface area contributed by atoms with Crippen LogP contribution in [0.3, 0.4) is 0 Å². The van der Waals surface area contributed by atoms with Crippen LogP contribution in [0.1, 0.15) is 22.3 Å². The summed E-state index contributed by atoms with van der Waals surface area (Å²) < 4.78 is 0. The molecule has 0 spiro atoms. The van der Waals surface area contributed by atoms with E-state index in [4.69, 9.17) is 5.11 Å². The van der Waals surface area contributed by atoms with Crippen molar-refractivity contribution >= 4 is 55.1 Å². The molecule has 0 bridgehead atoms. The standard InChI is InChI=1S/C16H18Br2N4O5/c1-20(5-2-15(23)24)16(25)12-9-13(21(6-3-17)7-4-18)11(10-19)8-14(12)22(26)27/h8-9H,2-7H2,1H3,(H,23,24). The van der Waals surface area contributed by atoms with E-state index in [1.807, 2.05) is 11.0 Å². The molecule has 0 heterocycles. The van der Waals surface area contributed by atoms with Gasteiger partial charge in [0.25, 0.3) is 11.6 Å². The fraction of sp³-hybridized carbons (Fsp3) is 0.438. The number of anilines is 1. The summed E-state index contributed by atoms with van der Waals surface area (Å²) in [6, 6.07) is 4.37. The van der Waals surface area contributed by atoms with E-state index in [1.165, 1.54) is 13.1 Å². The van der Waals surface area contributed by atoms with Gasteiger partial charge in [0.05, 0.1) is 22.6 Å². The molecule has 0 fully saturated rings. The molecule has 0 saturated carbocycles. The van der Waals surface area contributed by atoms with Gasteiger partial charge in [-0.1, -0.05) is 31.9 Å². The zero-order chi connectivity index (χ0) is 20.6. The van der Waals surface area contributed by atoms with Gasteiger partial charge in [-0.3, -0.25) is 19.7 Å². The van der Waals surface area contributed by atoms with Crippen molar-refractivity contribution in [2.24, 2.45) is 0 Å². The van der Waals surface area contributed by atoms with Gasteiger partial charge in [-0.2, -0.15) is 5.26 Å².